The number of nitrogens with one attached hydrogen (secondary N) is 2. The van der Waals surface area contributed by atoms with Crippen molar-refractivity contribution in [3.63, 3.8) is 0 Å². The molecule has 0 saturated carbocycles. The van der Waals surface area contributed by atoms with Crippen LogP contribution in [-0.4, -0.2) is 64.3 Å². The Kier molecular flexibility index (Phi) is 5.48. The number of aromatic nitrogens is 2. The number of hydrogen-bond donors (Lipinski definition) is 2. The van der Waals surface area contributed by atoms with E-state index in [0.29, 0.717) is 0 Å². The third-order valence-corrected chi connectivity index (χ3v) is 5.47. The van der Waals surface area contributed by atoms with Gasteiger partial charge in [0.05, 0.1) is 31.0 Å². The van der Waals surface area contributed by atoms with E-state index >= 15 is 0 Å². The first kappa shape index (κ1) is 17.5. The number of aromatic amines is 1. The Labute approximate surface area is 159 Å². The third-order valence-electron chi connectivity index (χ3n) is 5.12. The van der Waals surface area contributed by atoms with Gasteiger partial charge in [0.2, 0.25) is 0 Å². The van der Waals surface area contributed by atoms with Crippen molar-refractivity contribution in [2.24, 2.45) is 0 Å². The van der Waals surface area contributed by atoms with Gasteiger partial charge in [-0.25, -0.2) is 0 Å². The van der Waals surface area contributed by atoms with Crippen molar-refractivity contribution in [2.75, 3.05) is 39.4 Å². The topological polar surface area (TPSA) is 56.4 Å². The van der Waals surface area contributed by atoms with Crippen molar-refractivity contribution >= 4 is 17.3 Å². The molecule has 2 aromatic heterocycles. The van der Waals surface area contributed by atoms with E-state index in [9.17, 15) is 0 Å². The number of H-pyrrole nitrogens is 1. The van der Waals surface area contributed by atoms with Crippen LogP contribution in [0, 0.1) is 0 Å². The van der Waals surface area contributed by atoms with E-state index in [1.54, 1.807) is 0 Å². The lowest BCUT2D eigenvalue weighted by Crippen LogP contribution is -2.39. The van der Waals surface area contributed by atoms with Crippen LogP contribution in [0.25, 0.3) is 0 Å². The van der Waals surface area contributed by atoms with Gasteiger partial charge in [-0.3, -0.25) is 9.88 Å². The Morgan fingerprint density at radius 2 is 2.04 bits per heavy atom. The van der Waals surface area contributed by atoms with Crippen LogP contribution in [0.15, 0.2) is 42.7 Å². The fourth-order valence-corrected chi connectivity index (χ4v) is 4.13. The summed E-state index contributed by atoms with van der Waals surface area (Å²) in [5, 5.41) is 4.30. The fraction of sp³-hybridized carbons (Fsp3) is 0.474. The minimum atomic E-state index is 0.0609. The largest absolute Gasteiger partial charge is 0.379 e. The summed E-state index contributed by atoms with van der Waals surface area (Å²) in [7, 11) is 0. The van der Waals surface area contributed by atoms with Crippen LogP contribution in [0.2, 0.25) is 0 Å². The number of rotatable bonds is 6. The maximum atomic E-state index is 5.68. The van der Waals surface area contributed by atoms with Crippen molar-refractivity contribution in [3.05, 3.63) is 54.1 Å². The second-order valence-electron chi connectivity index (χ2n) is 6.75. The van der Waals surface area contributed by atoms with Crippen LogP contribution in [0.1, 0.15) is 29.9 Å². The summed E-state index contributed by atoms with van der Waals surface area (Å²) in [6, 6.07) is 10.4. The summed E-state index contributed by atoms with van der Waals surface area (Å²) >= 11 is 5.68. The first-order valence-corrected chi connectivity index (χ1v) is 9.65. The second kappa shape index (κ2) is 8.16. The highest BCUT2D eigenvalue weighted by Crippen LogP contribution is 2.37. The molecule has 138 valence electrons. The molecule has 0 spiro atoms. The highest BCUT2D eigenvalue weighted by atomic mass is 32.1. The molecule has 2 aliphatic heterocycles. The normalized spacial score (nSPS) is 24.0. The molecule has 4 rings (SSSR count). The second-order valence-corrected chi connectivity index (χ2v) is 7.14. The number of ether oxygens (including phenoxy) is 1. The molecule has 4 heterocycles. The molecule has 6 nitrogen and oxygen atoms in total. The standard InChI is InChI=1S/C19H25N5OS/c26-19-22-17(15-5-1-2-7-20-15)18(16-6-3-8-21-16)24(19)10-4-9-23-11-13-25-14-12-23/h1-3,5-8,17-18,21H,4,9-14H2,(H,22,26)/t17-,18+/m0/s1. The number of hydrogen-bond acceptors (Lipinski definition) is 4. The summed E-state index contributed by atoms with van der Waals surface area (Å²) < 4.78 is 5.43. The van der Waals surface area contributed by atoms with Gasteiger partial charge in [-0.2, -0.15) is 0 Å². The van der Waals surface area contributed by atoms with E-state index in [1.807, 2.05) is 30.6 Å². The zero-order chi connectivity index (χ0) is 17.8. The highest BCUT2D eigenvalue weighted by Gasteiger charge is 2.39. The van der Waals surface area contributed by atoms with Gasteiger partial charge in [-0.1, -0.05) is 6.07 Å². The van der Waals surface area contributed by atoms with Crippen LogP contribution in [0.3, 0.4) is 0 Å². The van der Waals surface area contributed by atoms with E-state index < -0.39 is 0 Å². The predicted octanol–water partition coefficient (Wildman–Crippen LogP) is 2.10. The molecule has 0 radical (unpaired) electrons. The Morgan fingerprint density at radius 3 is 2.77 bits per heavy atom. The molecule has 0 unspecified atom stereocenters. The molecule has 0 aliphatic carbocycles. The molecule has 2 saturated heterocycles. The van der Waals surface area contributed by atoms with Gasteiger partial charge in [-0.15, -0.1) is 0 Å². The van der Waals surface area contributed by atoms with Crippen LogP contribution in [0.4, 0.5) is 0 Å². The van der Waals surface area contributed by atoms with Gasteiger partial charge in [0.1, 0.15) is 0 Å². The van der Waals surface area contributed by atoms with Crippen molar-refractivity contribution in [2.45, 2.75) is 18.5 Å². The molecule has 0 bridgehead atoms. The van der Waals surface area contributed by atoms with Crippen molar-refractivity contribution in [3.8, 4) is 0 Å². The molecule has 26 heavy (non-hydrogen) atoms. The van der Waals surface area contributed by atoms with Crippen LogP contribution < -0.4 is 5.32 Å². The molecule has 0 aromatic carbocycles. The zero-order valence-corrected chi connectivity index (χ0v) is 15.6. The van der Waals surface area contributed by atoms with Gasteiger partial charge in [0.15, 0.2) is 5.11 Å². The SMILES string of the molecule is S=C1N[C@@H](c2ccccn2)[C@@H](c2ccc[nH]2)N1CCCN1CCOCC1. The molecular formula is C19H25N5OS. The summed E-state index contributed by atoms with van der Waals surface area (Å²) in [5.41, 5.74) is 2.18. The van der Waals surface area contributed by atoms with Gasteiger partial charge in [0.25, 0.3) is 0 Å². The molecule has 0 amide bonds. The number of thiocarbonyl (C=S) groups is 1. The van der Waals surface area contributed by atoms with Crippen LogP contribution in [-0.2, 0) is 4.74 Å². The van der Waals surface area contributed by atoms with Crippen LogP contribution >= 0.6 is 12.2 Å². The third kappa shape index (κ3) is 3.75. The van der Waals surface area contributed by atoms with Crippen molar-refractivity contribution in [1.82, 2.24) is 25.1 Å². The van der Waals surface area contributed by atoms with Gasteiger partial charge in [-0.05, 0) is 42.9 Å². The molecular weight excluding hydrogens is 346 g/mol. The number of pyridine rings is 1. The Hall–Kier alpha value is -1.96. The highest BCUT2D eigenvalue weighted by molar-refractivity contribution is 7.80. The minimum absolute atomic E-state index is 0.0609. The van der Waals surface area contributed by atoms with E-state index in [1.165, 1.54) is 5.69 Å². The lowest BCUT2D eigenvalue weighted by molar-refractivity contribution is 0.0365. The molecule has 2 aliphatic rings. The van der Waals surface area contributed by atoms with Gasteiger partial charge < -0.3 is 19.9 Å². The quantitative estimate of drug-likeness (QED) is 0.759. The average molecular weight is 372 g/mol. The maximum absolute atomic E-state index is 5.68. The van der Waals surface area contributed by atoms with E-state index in [-0.39, 0.29) is 12.1 Å². The summed E-state index contributed by atoms with van der Waals surface area (Å²) in [4.78, 5) is 12.7. The Bertz CT molecular complexity index is 702. The lowest BCUT2D eigenvalue weighted by atomic mass is 10.0. The van der Waals surface area contributed by atoms with Crippen molar-refractivity contribution in [1.29, 1.82) is 0 Å². The molecule has 2 aromatic rings. The number of nitrogens with zero attached hydrogens (tertiary/aromatic N) is 3. The molecule has 2 N–H and O–H groups in total. The fourth-order valence-electron chi connectivity index (χ4n) is 3.80. The van der Waals surface area contributed by atoms with E-state index in [4.69, 9.17) is 17.0 Å². The van der Waals surface area contributed by atoms with Crippen molar-refractivity contribution < 1.29 is 4.74 Å². The Morgan fingerprint density at radius 1 is 1.15 bits per heavy atom. The first-order chi connectivity index (χ1) is 12.8. The monoisotopic (exact) mass is 371 g/mol. The maximum Gasteiger partial charge on any atom is 0.170 e. The lowest BCUT2D eigenvalue weighted by Gasteiger charge is -2.30. The van der Waals surface area contributed by atoms with E-state index in [0.717, 1.165) is 56.6 Å². The minimum Gasteiger partial charge on any atom is -0.379 e. The number of morpholine rings is 1. The summed E-state index contributed by atoms with van der Waals surface area (Å²) in [6.07, 6.45) is 4.89. The van der Waals surface area contributed by atoms with Gasteiger partial charge >= 0.3 is 0 Å². The zero-order valence-electron chi connectivity index (χ0n) is 14.8. The van der Waals surface area contributed by atoms with Gasteiger partial charge in [0, 0.05) is 44.3 Å². The molecule has 7 heteroatoms. The molecule has 2 atom stereocenters. The predicted molar refractivity (Wildman–Crippen MR) is 105 cm³/mol. The average Bonchev–Trinajstić information content (AvgIpc) is 3.32. The summed E-state index contributed by atoms with van der Waals surface area (Å²) in [5.74, 6) is 0. The summed E-state index contributed by atoms with van der Waals surface area (Å²) in [6.45, 7) is 5.75. The Balaban J connectivity index is 1.48. The van der Waals surface area contributed by atoms with E-state index in [2.05, 4.69) is 37.2 Å². The first-order valence-electron chi connectivity index (χ1n) is 9.24. The smallest absolute Gasteiger partial charge is 0.170 e. The van der Waals surface area contributed by atoms with Crippen LogP contribution in [0.5, 0.6) is 0 Å². The molecule has 2 fully saturated rings.